The van der Waals surface area contributed by atoms with E-state index in [1.807, 2.05) is 49.4 Å². The highest BCUT2D eigenvalue weighted by molar-refractivity contribution is 6.32. The number of benzene rings is 3. The Bertz CT molecular complexity index is 2010. The minimum Gasteiger partial charge on any atom is -0.488 e. The van der Waals surface area contributed by atoms with Crippen LogP contribution in [-0.4, -0.2) is 52.3 Å². The summed E-state index contributed by atoms with van der Waals surface area (Å²) in [6.45, 7) is 8.03. The Morgan fingerprint density at radius 3 is 2.52 bits per heavy atom. The molecule has 270 valence electrons. The van der Waals surface area contributed by atoms with E-state index in [2.05, 4.69) is 35.9 Å². The van der Waals surface area contributed by atoms with Crippen LogP contribution >= 0.6 is 11.6 Å². The predicted octanol–water partition coefficient (Wildman–Crippen LogP) is 9.30. The van der Waals surface area contributed by atoms with E-state index in [0.29, 0.717) is 34.7 Å². The van der Waals surface area contributed by atoms with Crippen molar-refractivity contribution in [3.05, 3.63) is 117 Å². The summed E-state index contributed by atoms with van der Waals surface area (Å²) >= 11 is 6.88. The number of rotatable bonds is 11. The number of nitriles is 1. The van der Waals surface area contributed by atoms with Gasteiger partial charge in [0.05, 0.1) is 17.1 Å². The smallest absolute Gasteiger partial charge is 0.267 e. The lowest BCUT2D eigenvalue weighted by Gasteiger charge is -2.33. The minimum atomic E-state index is -2.83. The summed E-state index contributed by atoms with van der Waals surface area (Å²) in [5.74, 6) is -2.07. The molecule has 4 aromatic rings. The van der Waals surface area contributed by atoms with Gasteiger partial charge in [-0.05, 0) is 91.7 Å². The Kier molecular flexibility index (Phi) is 11.6. The number of piperidine rings is 1. The van der Waals surface area contributed by atoms with Gasteiger partial charge in [-0.3, -0.25) is 14.7 Å². The molecule has 0 saturated carbocycles. The fraction of sp³-hybridized carbons (Fsp3) is 0.357. The van der Waals surface area contributed by atoms with Crippen LogP contribution in [0.15, 0.2) is 73.1 Å². The Morgan fingerprint density at radius 2 is 1.77 bits per heavy atom. The molecule has 0 aliphatic carbocycles. The van der Waals surface area contributed by atoms with Crippen molar-refractivity contribution in [1.29, 1.82) is 5.26 Å². The first-order valence-electron chi connectivity index (χ1n) is 17.7. The number of hydrogen-bond acceptors (Lipinski definition) is 6. The molecule has 0 unspecified atom stereocenters. The highest BCUT2D eigenvalue weighted by atomic mass is 35.5. The first-order chi connectivity index (χ1) is 25.0. The summed E-state index contributed by atoms with van der Waals surface area (Å²) in [5.41, 5.74) is 8.08. The number of alkyl halides is 2. The first-order valence-corrected chi connectivity index (χ1v) is 18.1. The van der Waals surface area contributed by atoms with Crippen molar-refractivity contribution in [2.75, 3.05) is 19.6 Å². The molecule has 10 heteroatoms. The summed E-state index contributed by atoms with van der Waals surface area (Å²) < 4.78 is 40.1. The van der Waals surface area contributed by atoms with Crippen LogP contribution in [0.3, 0.4) is 0 Å². The van der Waals surface area contributed by atoms with Gasteiger partial charge in [-0.2, -0.15) is 5.26 Å². The zero-order chi connectivity index (χ0) is 36.8. The standard InChI is InChI=1S/C42H43ClF2N4O3/c1-28-8-4-5-16-48(28)24-35-19-38(43)40(20-39(35)51-25-32-18-31(21-46)22-47-23-32)52-26-34-10-7-12-37(30(34)3)36-11-6-9-33(29(36)2)13-14-41(50)49-17-15-42(44,45)27-49/h6-7,9-14,18-20,22-23,28H,4-5,8,15-17,24-27H2,1-3H3/b14-13+/t28-/m1/s1. The average molecular weight is 725 g/mol. The summed E-state index contributed by atoms with van der Waals surface area (Å²) in [4.78, 5) is 20.4. The van der Waals surface area contributed by atoms with E-state index in [1.54, 1.807) is 18.3 Å². The van der Waals surface area contributed by atoms with E-state index in [0.717, 1.165) is 63.9 Å². The van der Waals surface area contributed by atoms with Gasteiger partial charge in [0, 0.05) is 61.2 Å². The molecule has 0 N–H and O–H groups in total. The fourth-order valence-electron chi connectivity index (χ4n) is 6.95. The Morgan fingerprint density at radius 1 is 1.00 bits per heavy atom. The summed E-state index contributed by atoms with van der Waals surface area (Å²) in [6, 6.07) is 20.1. The number of amides is 1. The molecule has 2 aliphatic rings. The molecule has 0 radical (unpaired) electrons. The van der Waals surface area contributed by atoms with E-state index in [1.165, 1.54) is 23.6 Å². The van der Waals surface area contributed by atoms with E-state index in [9.17, 15) is 18.8 Å². The lowest BCUT2D eigenvalue weighted by molar-refractivity contribution is -0.126. The Hall–Kier alpha value is -4.78. The molecule has 0 spiro atoms. The van der Waals surface area contributed by atoms with Crippen molar-refractivity contribution in [3.63, 3.8) is 0 Å². The van der Waals surface area contributed by atoms with Crippen LogP contribution in [-0.2, 0) is 24.6 Å². The molecule has 2 saturated heterocycles. The first kappa shape index (κ1) is 37.0. The number of aromatic nitrogens is 1. The van der Waals surface area contributed by atoms with Gasteiger partial charge in [0.25, 0.3) is 5.92 Å². The number of halogens is 3. The predicted molar refractivity (Wildman–Crippen MR) is 199 cm³/mol. The lowest BCUT2D eigenvalue weighted by Crippen LogP contribution is -2.36. The maximum Gasteiger partial charge on any atom is 0.267 e. The monoisotopic (exact) mass is 724 g/mol. The Balaban J connectivity index is 1.21. The maximum absolute atomic E-state index is 13.6. The van der Waals surface area contributed by atoms with E-state index < -0.39 is 18.4 Å². The molecule has 1 amide bonds. The molecule has 7 nitrogen and oxygen atoms in total. The molecule has 3 heterocycles. The van der Waals surface area contributed by atoms with Gasteiger partial charge in [-0.25, -0.2) is 8.78 Å². The molecule has 1 aromatic heterocycles. The number of nitrogens with zero attached hydrogens (tertiary/aromatic N) is 4. The van der Waals surface area contributed by atoms with Crippen molar-refractivity contribution >= 4 is 23.6 Å². The van der Waals surface area contributed by atoms with Crippen molar-refractivity contribution in [3.8, 4) is 28.7 Å². The summed E-state index contributed by atoms with van der Waals surface area (Å²) in [7, 11) is 0. The number of likely N-dealkylation sites (tertiary alicyclic amines) is 2. The van der Waals surface area contributed by atoms with Crippen LogP contribution in [0.4, 0.5) is 8.78 Å². The second-order valence-corrected chi connectivity index (χ2v) is 14.2. The largest absolute Gasteiger partial charge is 0.488 e. The topological polar surface area (TPSA) is 78.7 Å². The molecule has 1 atom stereocenters. The van der Waals surface area contributed by atoms with Gasteiger partial charge in [0.15, 0.2) is 0 Å². The van der Waals surface area contributed by atoms with Crippen molar-refractivity contribution < 1.29 is 23.0 Å². The molecule has 2 aliphatic heterocycles. The molecular weight excluding hydrogens is 682 g/mol. The number of pyridine rings is 1. The fourth-order valence-corrected chi connectivity index (χ4v) is 7.19. The third-order valence-corrected chi connectivity index (χ3v) is 10.4. The van der Waals surface area contributed by atoms with Gasteiger partial charge < -0.3 is 14.4 Å². The van der Waals surface area contributed by atoms with Gasteiger partial charge in [-0.1, -0.05) is 54.4 Å². The second kappa shape index (κ2) is 16.3. The maximum atomic E-state index is 13.6. The number of hydrogen-bond donors (Lipinski definition) is 0. The van der Waals surface area contributed by atoms with Crippen LogP contribution in [0.1, 0.15) is 71.6 Å². The molecule has 52 heavy (non-hydrogen) atoms. The quantitative estimate of drug-likeness (QED) is 0.144. The highest BCUT2D eigenvalue weighted by Gasteiger charge is 2.39. The lowest BCUT2D eigenvalue weighted by atomic mass is 9.91. The van der Waals surface area contributed by atoms with Gasteiger partial charge in [0.1, 0.15) is 30.8 Å². The SMILES string of the molecule is Cc1c(/C=C/C(=O)N2CCC(F)(F)C2)cccc1-c1cccc(COc2cc(OCc3cncc(C#N)c3)c(CN3CCCC[C@H]3C)cc2Cl)c1C. The van der Waals surface area contributed by atoms with Crippen LogP contribution in [0.5, 0.6) is 11.5 Å². The van der Waals surface area contributed by atoms with Crippen molar-refractivity contribution in [2.24, 2.45) is 0 Å². The normalized spacial score (nSPS) is 17.3. The molecule has 0 bridgehead atoms. The van der Waals surface area contributed by atoms with Crippen molar-refractivity contribution in [1.82, 2.24) is 14.8 Å². The van der Waals surface area contributed by atoms with E-state index >= 15 is 0 Å². The average Bonchev–Trinajstić information content (AvgIpc) is 3.51. The Labute approximate surface area is 309 Å². The van der Waals surface area contributed by atoms with Gasteiger partial charge in [-0.15, -0.1) is 0 Å². The van der Waals surface area contributed by atoms with E-state index in [-0.39, 0.29) is 26.2 Å². The third kappa shape index (κ3) is 8.80. The van der Waals surface area contributed by atoms with E-state index in [4.69, 9.17) is 21.1 Å². The summed E-state index contributed by atoms with van der Waals surface area (Å²) in [5, 5.41) is 9.83. The molecule has 3 aromatic carbocycles. The zero-order valence-corrected chi connectivity index (χ0v) is 30.6. The number of carbonyl (C=O) groups is 1. The minimum absolute atomic E-state index is 0.0559. The van der Waals surface area contributed by atoms with Crippen LogP contribution in [0.25, 0.3) is 17.2 Å². The molecular formula is C42H43ClF2N4O3. The summed E-state index contributed by atoms with van der Waals surface area (Å²) in [6.07, 6.45) is 9.54. The zero-order valence-electron chi connectivity index (χ0n) is 29.8. The van der Waals surface area contributed by atoms with Crippen LogP contribution in [0.2, 0.25) is 5.02 Å². The molecule has 6 rings (SSSR count). The second-order valence-electron chi connectivity index (χ2n) is 13.8. The van der Waals surface area contributed by atoms with Crippen molar-refractivity contribution in [2.45, 2.75) is 78.2 Å². The number of ether oxygens (including phenoxy) is 2. The highest BCUT2D eigenvalue weighted by Crippen LogP contribution is 2.37. The van der Waals surface area contributed by atoms with Gasteiger partial charge in [0.2, 0.25) is 5.91 Å². The third-order valence-electron chi connectivity index (χ3n) is 10.1. The number of carbonyl (C=O) groups excluding carboxylic acids is 1. The van der Waals surface area contributed by atoms with Crippen LogP contribution < -0.4 is 9.47 Å². The molecule has 2 fully saturated rings. The van der Waals surface area contributed by atoms with Crippen LogP contribution in [0, 0.1) is 25.2 Å². The van der Waals surface area contributed by atoms with Gasteiger partial charge >= 0.3 is 0 Å².